The van der Waals surface area contributed by atoms with E-state index >= 15 is 0 Å². The summed E-state index contributed by atoms with van der Waals surface area (Å²) < 4.78 is 34.9. The van der Waals surface area contributed by atoms with Crippen LogP contribution in [0.2, 0.25) is 5.02 Å². The number of ether oxygens (including phenoxy) is 1. The topological polar surface area (TPSA) is 121 Å². The van der Waals surface area contributed by atoms with E-state index in [9.17, 15) is 8.42 Å². The van der Waals surface area contributed by atoms with Crippen molar-refractivity contribution >= 4 is 50.5 Å². The van der Waals surface area contributed by atoms with E-state index in [2.05, 4.69) is 48.5 Å². The highest BCUT2D eigenvalue weighted by molar-refractivity contribution is 7.89. The first-order valence-corrected chi connectivity index (χ1v) is 15.7. The lowest BCUT2D eigenvalue weighted by atomic mass is 9.94. The van der Waals surface area contributed by atoms with Gasteiger partial charge >= 0.3 is 0 Å². The smallest absolute Gasteiger partial charge is 0.242 e. The number of benzene rings is 2. The fraction of sp³-hybridized carbons (Fsp3) is 0.429. The Hall–Kier alpha value is -3.12. The van der Waals surface area contributed by atoms with Crippen LogP contribution in [0, 0.1) is 0 Å². The van der Waals surface area contributed by atoms with Gasteiger partial charge < -0.3 is 25.6 Å². The number of nitrogens with one attached hydrogen (secondary N) is 4. The number of hydrogen-bond acceptors (Lipinski definition) is 9. The van der Waals surface area contributed by atoms with Gasteiger partial charge in [0.05, 0.1) is 24.2 Å². The molecular weight excluding hydrogens is 550 g/mol. The van der Waals surface area contributed by atoms with Gasteiger partial charge in [0.15, 0.2) is 5.82 Å². The average Bonchev–Trinajstić information content (AvgIpc) is 3.38. The Bertz CT molecular complexity index is 1440. The SMILES string of the molecule is CCN[C@@H]1CCN(c2ccc(Nc3ncc(Cl)c(Nc4ccccc4S(=O)(=O)NC4CCC4)n3)c(OCC)c2)C1. The van der Waals surface area contributed by atoms with Crippen LogP contribution < -0.4 is 30.3 Å². The molecule has 0 bridgehead atoms. The van der Waals surface area contributed by atoms with Crippen molar-refractivity contribution in [3.05, 3.63) is 53.7 Å². The number of hydrogen-bond donors (Lipinski definition) is 4. The molecule has 1 saturated carbocycles. The minimum atomic E-state index is -3.71. The predicted molar refractivity (Wildman–Crippen MR) is 160 cm³/mol. The van der Waals surface area contributed by atoms with E-state index in [1.807, 2.05) is 19.1 Å². The number of nitrogens with zero attached hydrogens (tertiary/aromatic N) is 3. The lowest BCUT2D eigenvalue weighted by Gasteiger charge is -2.26. The van der Waals surface area contributed by atoms with Crippen molar-refractivity contribution in [1.29, 1.82) is 0 Å². The second-order valence-corrected chi connectivity index (χ2v) is 12.1. The third kappa shape index (κ3) is 6.60. The van der Waals surface area contributed by atoms with Gasteiger partial charge in [0.1, 0.15) is 15.7 Å². The first-order valence-electron chi connectivity index (χ1n) is 13.8. The molecule has 0 unspecified atom stereocenters. The summed E-state index contributed by atoms with van der Waals surface area (Å²) in [5.41, 5.74) is 2.19. The minimum absolute atomic E-state index is 0.0256. The summed E-state index contributed by atoms with van der Waals surface area (Å²) in [6.07, 6.45) is 5.31. The van der Waals surface area contributed by atoms with Crippen LogP contribution in [0.1, 0.15) is 39.5 Å². The zero-order chi connectivity index (χ0) is 28.1. The highest BCUT2D eigenvalue weighted by atomic mass is 35.5. The number of anilines is 5. The third-order valence-corrected chi connectivity index (χ3v) is 9.01. The maximum absolute atomic E-state index is 13.1. The van der Waals surface area contributed by atoms with Crippen molar-refractivity contribution in [2.45, 2.75) is 56.5 Å². The number of rotatable bonds is 12. The molecule has 0 radical (unpaired) electrons. The van der Waals surface area contributed by atoms with E-state index in [0.717, 1.165) is 51.0 Å². The fourth-order valence-electron chi connectivity index (χ4n) is 4.91. The highest BCUT2D eigenvalue weighted by Crippen LogP contribution is 2.34. The average molecular weight is 586 g/mol. The molecule has 4 N–H and O–H groups in total. The molecule has 2 fully saturated rings. The van der Waals surface area contributed by atoms with Gasteiger partial charge in [0.25, 0.3) is 0 Å². The van der Waals surface area contributed by atoms with Gasteiger partial charge in [-0.2, -0.15) is 4.98 Å². The Balaban J connectivity index is 1.35. The molecule has 12 heteroatoms. The maximum Gasteiger partial charge on any atom is 0.242 e. The van der Waals surface area contributed by atoms with Crippen molar-refractivity contribution in [3.63, 3.8) is 0 Å². The van der Waals surface area contributed by atoms with Gasteiger partial charge in [-0.3, -0.25) is 0 Å². The molecule has 1 saturated heterocycles. The number of halogens is 1. The summed E-state index contributed by atoms with van der Waals surface area (Å²) in [4.78, 5) is 11.4. The van der Waals surface area contributed by atoms with E-state index in [0.29, 0.717) is 35.7 Å². The minimum Gasteiger partial charge on any atom is -0.492 e. The normalized spacial score (nSPS) is 17.5. The number of para-hydroxylation sites is 1. The van der Waals surface area contributed by atoms with Gasteiger partial charge in [-0.25, -0.2) is 18.1 Å². The van der Waals surface area contributed by atoms with Gasteiger partial charge in [0.2, 0.25) is 16.0 Å². The first kappa shape index (κ1) is 28.4. The Kier molecular flexibility index (Phi) is 8.94. The van der Waals surface area contributed by atoms with E-state index in [4.69, 9.17) is 16.3 Å². The third-order valence-electron chi connectivity index (χ3n) is 7.16. The summed E-state index contributed by atoms with van der Waals surface area (Å²) in [5, 5.41) is 10.1. The van der Waals surface area contributed by atoms with Crippen LogP contribution in [-0.4, -0.2) is 56.7 Å². The molecule has 2 heterocycles. The van der Waals surface area contributed by atoms with Crippen molar-refractivity contribution in [1.82, 2.24) is 20.0 Å². The van der Waals surface area contributed by atoms with Crippen molar-refractivity contribution in [2.24, 2.45) is 0 Å². The Morgan fingerprint density at radius 1 is 1.05 bits per heavy atom. The zero-order valence-electron chi connectivity index (χ0n) is 22.8. The molecule has 2 aliphatic rings. The molecule has 40 heavy (non-hydrogen) atoms. The molecule has 2 aromatic carbocycles. The fourth-order valence-corrected chi connectivity index (χ4v) is 6.52. The maximum atomic E-state index is 13.1. The lowest BCUT2D eigenvalue weighted by molar-refractivity contribution is 0.342. The van der Waals surface area contributed by atoms with Crippen LogP contribution in [0.5, 0.6) is 5.75 Å². The van der Waals surface area contributed by atoms with Crippen molar-refractivity contribution < 1.29 is 13.2 Å². The van der Waals surface area contributed by atoms with Gasteiger partial charge in [-0.05, 0) is 57.0 Å². The van der Waals surface area contributed by atoms with Gasteiger partial charge in [-0.15, -0.1) is 0 Å². The van der Waals surface area contributed by atoms with E-state index in [1.54, 1.807) is 24.3 Å². The summed E-state index contributed by atoms with van der Waals surface area (Å²) >= 11 is 6.42. The number of sulfonamides is 1. The molecule has 1 aromatic heterocycles. The summed E-state index contributed by atoms with van der Waals surface area (Å²) in [6.45, 7) is 7.48. The van der Waals surface area contributed by atoms with Crippen LogP contribution in [-0.2, 0) is 10.0 Å². The zero-order valence-corrected chi connectivity index (χ0v) is 24.4. The summed E-state index contributed by atoms with van der Waals surface area (Å²) in [6, 6.07) is 13.2. The van der Waals surface area contributed by atoms with Crippen molar-refractivity contribution in [3.8, 4) is 5.75 Å². The van der Waals surface area contributed by atoms with E-state index < -0.39 is 10.0 Å². The number of aromatic nitrogens is 2. The molecule has 0 spiro atoms. The monoisotopic (exact) mass is 585 g/mol. The Labute approximate surface area is 240 Å². The molecule has 1 aliphatic heterocycles. The van der Waals surface area contributed by atoms with Crippen LogP contribution in [0.25, 0.3) is 0 Å². The van der Waals surface area contributed by atoms with Crippen LogP contribution in [0.15, 0.2) is 53.6 Å². The molecule has 3 aromatic rings. The molecule has 5 rings (SSSR count). The van der Waals surface area contributed by atoms with E-state index in [1.165, 1.54) is 6.20 Å². The summed E-state index contributed by atoms with van der Waals surface area (Å²) in [5.74, 6) is 1.27. The molecule has 1 aliphatic carbocycles. The van der Waals surface area contributed by atoms with Crippen LogP contribution in [0.3, 0.4) is 0 Å². The molecule has 10 nitrogen and oxygen atoms in total. The van der Waals surface area contributed by atoms with E-state index in [-0.39, 0.29) is 21.8 Å². The molecule has 1 atom stereocenters. The van der Waals surface area contributed by atoms with Gasteiger partial charge in [0, 0.05) is 36.9 Å². The Morgan fingerprint density at radius 3 is 2.62 bits per heavy atom. The molecule has 214 valence electrons. The van der Waals surface area contributed by atoms with Gasteiger partial charge in [-0.1, -0.05) is 37.1 Å². The van der Waals surface area contributed by atoms with Crippen molar-refractivity contribution in [2.75, 3.05) is 41.8 Å². The summed E-state index contributed by atoms with van der Waals surface area (Å²) in [7, 11) is -3.71. The highest BCUT2D eigenvalue weighted by Gasteiger charge is 2.27. The molecular formula is C28H36ClN7O3S. The second-order valence-electron chi connectivity index (χ2n) is 9.99. The lowest BCUT2D eigenvalue weighted by Crippen LogP contribution is -2.39. The standard InChI is InChI=1S/C28H36ClN7O3S/c1-3-30-20-14-15-36(18-20)21-12-13-23(25(16-21)39-4-2)33-28-31-17-22(29)27(34-28)32-24-10-5-6-11-26(24)40(37,38)35-19-8-7-9-19/h5-6,10-13,16-17,19-20,30,35H,3-4,7-9,14-15,18H2,1-2H3,(H2,31,32,33,34)/t20-/m1/s1. The first-order chi connectivity index (χ1) is 19.4. The predicted octanol–water partition coefficient (Wildman–Crippen LogP) is 5.03. The Morgan fingerprint density at radius 2 is 1.88 bits per heavy atom. The van der Waals surface area contributed by atoms with Crippen LogP contribution in [0.4, 0.5) is 28.8 Å². The quantitative estimate of drug-likeness (QED) is 0.232. The largest absolute Gasteiger partial charge is 0.492 e. The second kappa shape index (κ2) is 12.6. The molecule has 0 amide bonds. The van der Waals surface area contributed by atoms with Crippen LogP contribution >= 0.6 is 11.6 Å². The number of likely N-dealkylation sites (N-methyl/N-ethyl adjacent to an activating group) is 1.